The number of aliphatic hydroxyl groups excluding tert-OH is 4. The van der Waals surface area contributed by atoms with E-state index in [1.54, 1.807) is 12.1 Å². The van der Waals surface area contributed by atoms with Crippen molar-refractivity contribution in [2.24, 2.45) is 0 Å². The first-order valence-corrected chi connectivity index (χ1v) is 6.07. The normalized spacial score (nSPS) is 35.1. The Morgan fingerprint density at radius 2 is 1.68 bits per heavy atom. The Labute approximate surface area is 110 Å². The van der Waals surface area contributed by atoms with E-state index in [4.69, 9.17) is 14.6 Å². The van der Waals surface area contributed by atoms with Gasteiger partial charge in [0.1, 0.15) is 30.2 Å². The fourth-order valence-electron chi connectivity index (χ4n) is 1.92. The molecule has 2 rings (SSSR count). The highest BCUT2D eigenvalue weighted by molar-refractivity contribution is 5.26. The lowest BCUT2D eigenvalue weighted by molar-refractivity contribution is -0.277. The third-order valence-electron chi connectivity index (χ3n) is 3.12. The van der Waals surface area contributed by atoms with Gasteiger partial charge >= 0.3 is 0 Å². The third kappa shape index (κ3) is 3.05. The zero-order valence-electron chi connectivity index (χ0n) is 10.5. The summed E-state index contributed by atoms with van der Waals surface area (Å²) in [7, 11) is 0. The van der Waals surface area contributed by atoms with Crippen molar-refractivity contribution in [1.29, 1.82) is 0 Å². The molecule has 0 amide bonds. The lowest BCUT2D eigenvalue weighted by Gasteiger charge is -2.39. The van der Waals surface area contributed by atoms with Gasteiger partial charge in [-0.25, -0.2) is 0 Å². The first kappa shape index (κ1) is 14.2. The van der Waals surface area contributed by atoms with Gasteiger partial charge in [-0.15, -0.1) is 0 Å². The summed E-state index contributed by atoms with van der Waals surface area (Å²) in [4.78, 5) is 0. The van der Waals surface area contributed by atoms with E-state index in [1.807, 2.05) is 19.1 Å². The largest absolute Gasteiger partial charge is 0.462 e. The smallest absolute Gasteiger partial charge is 0.229 e. The third-order valence-corrected chi connectivity index (χ3v) is 3.12. The van der Waals surface area contributed by atoms with Crippen LogP contribution < -0.4 is 4.74 Å². The molecule has 5 atom stereocenters. The number of rotatable bonds is 3. The van der Waals surface area contributed by atoms with Crippen molar-refractivity contribution in [2.45, 2.75) is 37.6 Å². The van der Waals surface area contributed by atoms with Crippen molar-refractivity contribution < 1.29 is 29.9 Å². The number of hydrogen-bond acceptors (Lipinski definition) is 6. The van der Waals surface area contributed by atoms with Crippen molar-refractivity contribution in [3.05, 3.63) is 29.8 Å². The van der Waals surface area contributed by atoms with Crippen molar-refractivity contribution >= 4 is 0 Å². The van der Waals surface area contributed by atoms with Crippen LogP contribution in [0.2, 0.25) is 0 Å². The lowest BCUT2D eigenvalue weighted by Crippen LogP contribution is -2.60. The molecule has 3 unspecified atom stereocenters. The zero-order valence-corrected chi connectivity index (χ0v) is 10.5. The van der Waals surface area contributed by atoms with Crippen LogP contribution in [0, 0.1) is 6.92 Å². The van der Waals surface area contributed by atoms with Gasteiger partial charge in [0.05, 0.1) is 6.61 Å². The molecule has 0 saturated carbocycles. The van der Waals surface area contributed by atoms with Gasteiger partial charge < -0.3 is 29.9 Å². The van der Waals surface area contributed by atoms with Crippen LogP contribution in [0.1, 0.15) is 5.56 Å². The Hall–Kier alpha value is -1.18. The molecule has 4 N–H and O–H groups in total. The molecule has 0 spiro atoms. The highest BCUT2D eigenvalue weighted by atomic mass is 16.7. The Morgan fingerprint density at radius 3 is 2.26 bits per heavy atom. The van der Waals surface area contributed by atoms with E-state index in [0.717, 1.165) is 5.56 Å². The fraction of sp³-hybridized carbons (Fsp3) is 0.538. The quantitative estimate of drug-likeness (QED) is 0.572. The zero-order chi connectivity index (χ0) is 14.0. The maximum Gasteiger partial charge on any atom is 0.229 e. The second kappa shape index (κ2) is 5.85. The average molecular weight is 270 g/mol. The van der Waals surface area contributed by atoms with E-state index in [0.29, 0.717) is 5.75 Å². The molecule has 1 aliphatic heterocycles. The molecule has 1 aliphatic rings. The number of aryl methyl sites for hydroxylation is 1. The van der Waals surface area contributed by atoms with Crippen LogP contribution in [0.3, 0.4) is 0 Å². The fourth-order valence-corrected chi connectivity index (χ4v) is 1.92. The van der Waals surface area contributed by atoms with Gasteiger partial charge in [-0.2, -0.15) is 0 Å². The molecule has 1 heterocycles. The molecule has 6 nitrogen and oxygen atoms in total. The van der Waals surface area contributed by atoms with Gasteiger partial charge in [0.2, 0.25) is 6.29 Å². The standard InChI is InChI=1S/C13H18O6/c1-7-2-4-8(5-3-7)18-13-12(17)11(16)10(15)9(6-14)19-13/h2-5,9-17H,6H2,1H3/t9?,10-,11?,12?,13+/m0/s1. The number of hydrogen-bond donors (Lipinski definition) is 4. The molecule has 1 saturated heterocycles. The molecule has 106 valence electrons. The topological polar surface area (TPSA) is 99.4 Å². The van der Waals surface area contributed by atoms with E-state index in [2.05, 4.69) is 0 Å². The molecule has 0 radical (unpaired) electrons. The predicted octanol–water partition coefficient (Wildman–Crippen LogP) is -0.826. The Bertz CT molecular complexity index is 404. The van der Waals surface area contributed by atoms with Crippen LogP contribution in [0.15, 0.2) is 24.3 Å². The monoisotopic (exact) mass is 270 g/mol. The summed E-state index contributed by atoms with van der Waals surface area (Å²) in [6.45, 7) is 1.45. The second-order valence-corrected chi connectivity index (χ2v) is 4.63. The average Bonchev–Trinajstić information content (AvgIpc) is 2.42. The van der Waals surface area contributed by atoms with Crippen LogP contribution >= 0.6 is 0 Å². The molecule has 1 aromatic carbocycles. The molecule has 19 heavy (non-hydrogen) atoms. The van der Waals surface area contributed by atoms with Gasteiger partial charge in [-0.3, -0.25) is 0 Å². The van der Waals surface area contributed by atoms with E-state index in [1.165, 1.54) is 0 Å². The molecular formula is C13H18O6. The Balaban J connectivity index is 2.08. The van der Waals surface area contributed by atoms with Crippen LogP contribution in [0.4, 0.5) is 0 Å². The van der Waals surface area contributed by atoms with Crippen molar-refractivity contribution in [3.8, 4) is 5.75 Å². The van der Waals surface area contributed by atoms with E-state index >= 15 is 0 Å². The Kier molecular flexibility index (Phi) is 4.38. The van der Waals surface area contributed by atoms with Crippen LogP contribution in [-0.2, 0) is 4.74 Å². The highest BCUT2D eigenvalue weighted by Gasteiger charge is 2.44. The first-order valence-electron chi connectivity index (χ1n) is 6.07. The molecule has 1 fully saturated rings. The van der Waals surface area contributed by atoms with E-state index < -0.39 is 37.3 Å². The second-order valence-electron chi connectivity index (χ2n) is 4.63. The molecule has 0 aliphatic carbocycles. The lowest BCUT2D eigenvalue weighted by atomic mass is 9.99. The van der Waals surface area contributed by atoms with Crippen LogP contribution in [0.25, 0.3) is 0 Å². The Morgan fingerprint density at radius 1 is 1.05 bits per heavy atom. The minimum absolute atomic E-state index is 0.468. The minimum atomic E-state index is -1.43. The predicted molar refractivity (Wildman–Crippen MR) is 65.6 cm³/mol. The van der Waals surface area contributed by atoms with Gasteiger partial charge in [-0.1, -0.05) is 17.7 Å². The van der Waals surface area contributed by atoms with Gasteiger partial charge in [0, 0.05) is 0 Å². The molecular weight excluding hydrogens is 252 g/mol. The van der Waals surface area contributed by atoms with Crippen LogP contribution in [0.5, 0.6) is 5.75 Å². The van der Waals surface area contributed by atoms with E-state index in [9.17, 15) is 15.3 Å². The van der Waals surface area contributed by atoms with Crippen LogP contribution in [-0.4, -0.2) is 57.7 Å². The van der Waals surface area contributed by atoms with Crippen molar-refractivity contribution in [2.75, 3.05) is 6.61 Å². The summed E-state index contributed by atoms with van der Waals surface area (Å²) >= 11 is 0. The summed E-state index contributed by atoms with van der Waals surface area (Å²) in [5.41, 5.74) is 1.06. The van der Waals surface area contributed by atoms with Gasteiger partial charge in [-0.05, 0) is 19.1 Å². The number of aliphatic hydroxyl groups is 4. The molecule has 6 heteroatoms. The highest BCUT2D eigenvalue weighted by Crippen LogP contribution is 2.24. The maximum atomic E-state index is 9.80. The minimum Gasteiger partial charge on any atom is -0.462 e. The summed E-state index contributed by atoms with van der Waals surface area (Å²) < 4.78 is 10.7. The summed E-state index contributed by atoms with van der Waals surface area (Å²) in [5.74, 6) is 0.468. The first-order chi connectivity index (χ1) is 9.02. The number of benzene rings is 1. The molecule has 0 aromatic heterocycles. The maximum absolute atomic E-state index is 9.80. The SMILES string of the molecule is Cc1ccc(O[C@@H]2OC(CO)[C@H](O)C(O)C2O)cc1. The van der Waals surface area contributed by atoms with E-state index in [-0.39, 0.29) is 0 Å². The summed E-state index contributed by atoms with van der Waals surface area (Å²) in [6, 6.07) is 7.08. The van der Waals surface area contributed by atoms with Gasteiger partial charge in [0.25, 0.3) is 0 Å². The summed E-state index contributed by atoms with van der Waals surface area (Å²) in [6.07, 6.45) is -6.30. The van der Waals surface area contributed by atoms with Crippen molar-refractivity contribution in [3.63, 3.8) is 0 Å². The molecule has 1 aromatic rings. The molecule has 0 bridgehead atoms. The summed E-state index contributed by atoms with van der Waals surface area (Å²) in [5, 5.41) is 38.1. The van der Waals surface area contributed by atoms with Crippen molar-refractivity contribution in [1.82, 2.24) is 0 Å². The van der Waals surface area contributed by atoms with Gasteiger partial charge in [0.15, 0.2) is 0 Å². The number of ether oxygens (including phenoxy) is 2.